The molecule has 5 heteroatoms. The van der Waals surface area contributed by atoms with Crippen LogP contribution in [0.25, 0.3) is 0 Å². The van der Waals surface area contributed by atoms with Gasteiger partial charge in [-0.15, -0.1) is 0 Å². The van der Waals surface area contributed by atoms with Crippen molar-refractivity contribution in [3.8, 4) is 5.75 Å². The van der Waals surface area contributed by atoms with E-state index in [-0.39, 0.29) is 11.9 Å². The van der Waals surface area contributed by atoms with Gasteiger partial charge in [0.15, 0.2) is 0 Å². The third-order valence-electron chi connectivity index (χ3n) is 3.95. The van der Waals surface area contributed by atoms with Crippen LogP contribution in [0.15, 0.2) is 24.3 Å². The lowest BCUT2D eigenvalue weighted by Gasteiger charge is -2.45. The molecule has 0 bridgehead atoms. The summed E-state index contributed by atoms with van der Waals surface area (Å²) in [7, 11) is 1.67. The zero-order valence-electron chi connectivity index (χ0n) is 11.1. The Morgan fingerprint density at radius 1 is 1.21 bits per heavy atom. The van der Waals surface area contributed by atoms with Gasteiger partial charge in [0.1, 0.15) is 5.75 Å². The molecule has 2 heterocycles. The van der Waals surface area contributed by atoms with Gasteiger partial charge >= 0.3 is 0 Å². The molecular weight excluding hydrogens is 242 g/mol. The summed E-state index contributed by atoms with van der Waals surface area (Å²) in [6.07, 6.45) is 0. The van der Waals surface area contributed by atoms with Crippen molar-refractivity contribution in [3.63, 3.8) is 0 Å². The fraction of sp³-hybridized carbons (Fsp3) is 0.500. The second kappa shape index (κ2) is 5.19. The highest BCUT2D eigenvalue weighted by Crippen LogP contribution is 2.27. The van der Waals surface area contributed by atoms with E-state index in [1.54, 1.807) is 7.11 Å². The number of hydrogen-bond donors (Lipinski definition) is 2. The maximum atomic E-state index is 11.6. The van der Waals surface area contributed by atoms with Gasteiger partial charge in [0, 0.05) is 31.7 Å². The third-order valence-corrected chi connectivity index (χ3v) is 3.95. The summed E-state index contributed by atoms with van der Waals surface area (Å²) in [6, 6.07) is 8.76. The fourth-order valence-electron chi connectivity index (χ4n) is 2.89. The van der Waals surface area contributed by atoms with Crippen molar-refractivity contribution >= 4 is 5.91 Å². The van der Waals surface area contributed by atoms with Crippen LogP contribution in [-0.2, 0) is 4.79 Å². The number of nitrogens with one attached hydrogen (secondary N) is 2. The van der Waals surface area contributed by atoms with Crippen molar-refractivity contribution in [1.29, 1.82) is 0 Å². The number of hydrogen-bond acceptors (Lipinski definition) is 4. The van der Waals surface area contributed by atoms with E-state index in [2.05, 4.69) is 27.7 Å². The molecule has 5 nitrogen and oxygen atoms in total. The summed E-state index contributed by atoms with van der Waals surface area (Å²) in [5.41, 5.74) is 1.23. The summed E-state index contributed by atoms with van der Waals surface area (Å²) in [6.45, 7) is 3.05. The zero-order valence-corrected chi connectivity index (χ0v) is 11.1. The average molecular weight is 261 g/mol. The van der Waals surface area contributed by atoms with E-state index in [1.807, 2.05) is 12.1 Å². The van der Waals surface area contributed by atoms with Crippen molar-refractivity contribution in [3.05, 3.63) is 29.8 Å². The van der Waals surface area contributed by atoms with Gasteiger partial charge in [-0.1, -0.05) is 12.1 Å². The Kier molecular flexibility index (Phi) is 3.40. The van der Waals surface area contributed by atoms with Gasteiger partial charge in [-0.25, -0.2) is 0 Å². The predicted octanol–water partition coefficient (Wildman–Crippen LogP) is 0.140. The molecule has 2 atom stereocenters. The van der Waals surface area contributed by atoms with Crippen LogP contribution < -0.4 is 15.4 Å². The summed E-state index contributed by atoms with van der Waals surface area (Å²) in [5, 5.41) is 6.38. The van der Waals surface area contributed by atoms with Crippen LogP contribution in [0, 0.1) is 0 Å². The molecule has 19 heavy (non-hydrogen) atoms. The van der Waals surface area contributed by atoms with Crippen LogP contribution in [0.1, 0.15) is 11.6 Å². The molecule has 2 fully saturated rings. The molecule has 1 aromatic carbocycles. The Bertz CT molecular complexity index is 460. The summed E-state index contributed by atoms with van der Waals surface area (Å²) < 4.78 is 5.19. The summed E-state index contributed by atoms with van der Waals surface area (Å²) in [4.78, 5) is 13.9. The number of methoxy groups -OCH3 is 1. The highest BCUT2D eigenvalue weighted by Gasteiger charge is 2.35. The Hall–Kier alpha value is -1.59. The minimum atomic E-state index is 0.122. The fourth-order valence-corrected chi connectivity index (χ4v) is 2.89. The van der Waals surface area contributed by atoms with Crippen LogP contribution in [-0.4, -0.2) is 50.1 Å². The van der Waals surface area contributed by atoms with E-state index < -0.39 is 0 Å². The molecule has 0 radical (unpaired) electrons. The van der Waals surface area contributed by atoms with Gasteiger partial charge in [0.25, 0.3) is 0 Å². The Morgan fingerprint density at radius 2 is 2.00 bits per heavy atom. The molecule has 102 valence electrons. The van der Waals surface area contributed by atoms with Crippen LogP contribution in [0.4, 0.5) is 0 Å². The van der Waals surface area contributed by atoms with Gasteiger partial charge in [-0.05, 0) is 17.7 Å². The third kappa shape index (κ3) is 2.43. The lowest BCUT2D eigenvalue weighted by Crippen LogP contribution is -2.62. The van der Waals surface area contributed by atoms with Crippen molar-refractivity contribution in [2.75, 3.05) is 33.3 Å². The molecule has 2 aliphatic heterocycles. The van der Waals surface area contributed by atoms with Crippen LogP contribution in [0.3, 0.4) is 0 Å². The number of nitrogens with zero attached hydrogens (tertiary/aromatic N) is 1. The Balaban J connectivity index is 1.82. The number of carbonyl (C=O) groups excluding carboxylic acids is 1. The molecule has 2 N–H and O–H groups in total. The van der Waals surface area contributed by atoms with E-state index in [4.69, 9.17) is 4.74 Å². The van der Waals surface area contributed by atoms with Gasteiger partial charge < -0.3 is 15.4 Å². The van der Waals surface area contributed by atoms with Crippen LogP contribution >= 0.6 is 0 Å². The largest absolute Gasteiger partial charge is 0.497 e. The van der Waals surface area contributed by atoms with Crippen molar-refractivity contribution < 1.29 is 9.53 Å². The molecule has 2 aliphatic rings. The Labute approximate surface area is 112 Å². The molecule has 1 amide bonds. The lowest BCUT2D eigenvalue weighted by molar-refractivity contribution is -0.127. The molecule has 0 spiro atoms. The SMILES string of the molecule is COc1ccc(C2CNCC3CNC(=O)CN32)cc1. The highest BCUT2D eigenvalue weighted by atomic mass is 16.5. The second-order valence-electron chi connectivity index (χ2n) is 5.08. The molecule has 0 aromatic heterocycles. The van der Waals surface area contributed by atoms with Crippen molar-refractivity contribution in [2.24, 2.45) is 0 Å². The quantitative estimate of drug-likeness (QED) is 0.795. The molecule has 0 saturated carbocycles. The van der Waals surface area contributed by atoms with Gasteiger partial charge in [-0.2, -0.15) is 0 Å². The first kappa shape index (κ1) is 12.4. The lowest BCUT2D eigenvalue weighted by atomic mass is 9.98. The average Bonchev–Trinajstić information content (AvgIpc) is 2.47. The first-order chi connectivity index (χ1) is 9.28. The zero-order chi connectivity index (χ0) is 13.2. The smallest absolute Gasteiger partial charge is 0.234 e. The summed E-state index contributed by atoms with van der Waals surface area (Å²) in [5.74, 6) is 0.983. The maximum Gasteiger partial charge on any atom is 0.234 e. The number of ether oxygens (including phenoxy) is 1. The molecule has 1 aromatic rings. The minimum Gasteiger partial charge on any atom is -0.497 e. The van der Waals surface area contributed by atoms with Gasteiger partial charge in [-0.3, -0.25) is 9.69 Å². The number of amides is 1. The number of carbonyl (C=O) groups is 1. The van der Waals surface area contributed by atoms with Gasteiger partial charge in [0.05, 0.1) is 13.7 Å². The molecule has 2 unspecified atom stereocenters. The molecule has 2 saturated heterocycles. The van der Waals surface area contributed by atoms with E-state index in [0.717, 1.165) is 25.4 Å². The highest BCUT2D eigenvalue weighted by molar-refractivity contribution is 5.79. The standard InChI is InChI=1S/C14H19N3O2/c1-19-12-4-2-10(3-5-12)13-8-15-6-11-7-16-14(18)9-17(11)13/h2-5,11,13,15H,6-9H2,1H3,(H,16,18). The first-order valence-corrected chi connectivity index (χ1v) is 6.65. The number of rotatable bonds is 2. The monoisotopic (exact) mass is 261 g/mol. The van der Waals surface area contributed by atoms with Crippen LogP contribution in [0.5, 0.6) is 5.75 Å². The Morgan fingerprint density at radius 3 is 2.74 bits per heavy atom. The molecule has 0 aliphatic carbocycles. The van der Waals surface area contributed by atoms with E-state index in [9.17, 15) is 4.79 Å². The van der Waals surface area contributed by atoms with E-state index in [1.165, 1.54) is 5.56 Å². The number of fused-ring (bicyclic) bond motifs is 1. The number of benzene rings is 1. The maximum absolute atomic E-state index is 11.6. The normalized spacial score (nSPS) is 27.5. The number of piperazine rings is 2. The first-order valence-electron chi connectivity index (χ1n) is 6.65. The van der Waals surface area contributed by atoms with Crippen LogP contribution in [0.2, 0.25) is 0 Å². The van der Waals surface area contributed by atoms with Crippen molar-refractivity contribution in [2.45, 2.75) is 12.1 Å². The van der Waals surface area contributed by atoms with E-state index in [0.29, 0.717) is 12.6 Å². The summed E-state index contributed by atoms with van der Waals surface area (Å²) >= 11 is 0. The molecular formula is C14H19N3O2. The topological polar surface area (TPSA) is 53.6 Å². The van der Waals surface area contributed by atoms with Gasteiger partial charge in [0.2, 0.25) is 5.91 Å². The predicted molar refractivity (Wildman–Crippen MR) is 72.1 cm³/mol. The van der Waals surface area contributed by atoms with Crippen molar-refractivity contribution in [1.82, 2.24) is 15.5 Å². The van der Waals surface area contributed by atoms with E-state index >= 15 is 0 Å². The molecule has 3 rings (SSSR count). The minimum absolute atomic E-state index is 0.122. The second-order valence-corrected chi connectivity index (χ2v) is 5.08.